The van der Waals surface area contributed by atoms with Crippen molar-refractivity contribution in [3.8, 4) is 0 Å². The second-order valence-corrected chi connectivity index (χ2v) is 24.9. The van der Waals surface area contributed by atoms with E-state index in [1.54, 1.807) is 6.08 Å². The van der Waals surface area contributed by atoms with Crippen LogP contribution in [-0.2, 0) is 14.3 Å². The Bertz CT molecular complexity index is 1360. The highest BCUT2D eigenvalue weighted by atomic mass is 16.5. The summed E-state index contributed by atoms with van der Waals surface area (Å²) in [4.78, 5) is 24.6. The van der Waals surface area contributed by atoms with Crippen LogP contribution in [0.5, 0.6) is 0 Å². The largest absolute Gasteiger partial charge is 0.466 e. The molecule has 0 radical (unpaired) electrons. The van der Waals surface area contributed by atoms with E-state index in [1.165, 1.54) is 315 Å². The number of hydrogen-bond donors (Lipinski definition) is 3. The third-order valence-electron chi connectivity index (χ3n) is 16.8. The summed E-state index contributed by atoms with van der Waals surface area (Å²) >= 11 is 0. The van der Waals surface area contributed by atoms with Crippen LogP contribution in [0.3, 0.4) is 0 Å². The molecule has 0 heterocycles. The Morgan fingerprint density at radius 1 is 0.346 bits per heavy atom. The molecule has 6 heteroatoms. The maximum Gasteiger partial charge on any atom is 0.305 e. The van der Waals surface area contributed by atoms with Gasteiger partial charge < -0.3 is 20.3 Å². The molecule has 476 valence electrons. The molecule has 0 aliphatic carbocycles. The summed E-state index contributed by atoms with van der Waals surface area (Å²) in [6.07, 6.45) is 92.0. The van der Waals surface area contributed by atoms with Crippen LogP contribution in [0, 0.1) is 0 Å². The fourth-order valence-electron chi connectivity index (χ4n) is 11.3. The SMILES string of the molecule is CCCCCC/C=C\CCCCCCCC(=O)OCCCCCCCCCCC/C=C\C/C=C\CCCCCCCCCCCCCC(=O)NC(CO)C(O)/C=C/CCCCCCCCCCCCCCCCCCCCCCCC. The van der Waals surface area contributed by atoms with Crippen molar-refractivity contribution in [2.24, 2.45) is 0 Å². The molecule has 1 amide bonds. The molecular weight excluding hydrogens is 995 g/mol. The Labute approximate surface area is 506 Å². The normalized spacial score (nSPS) is 12.8. The van der Waals surface area contributed by atoms with Gasteiger partial charge >= 0.3 is 5.97 Å². The first-order chi connectivity index (χ1) is 40.0. The maximum atomic E-state index is 12.5. The lowest BCUT2D eigenvalue weighted by Crippen LogP contribution is -2.45. The lowest BCUT2D eigenvalue weighted by molar-refractivity contribution is -0.143. The van der Waals surface area contributed by atoms with E-state index in [2.05, 4.69) is 55.6 Å². The average molecular weight is 1140 g/mol. The smallest absolute Gasteiger partial charge is 0.305 e. The molecule has 0 spiro atoms. The van der Waals surface area contributed by atoms with E-state index in [9.17, 15) is 19.8 Å². The summed E-state index contributed by atoms with van der Waals surface area (Å²) in [7, 11) is 0. The van der Waals surface area contributed by atoms with Gasteiger partial charge in [0.05, 0.1) is 25.4 Å². The van der Waals surface area contributed by atoms with Gasteiger partial charge in [0.2, 0.25) is 5.91 Å². The molecule has 0 aliphatic heterocycles. The lowest BCUT2D eigenvalue weighted by Gasteiger charge is -2.20. The quantitative estimate of drug-likeness (QED) is 0.0320. The maximum absolute atomic E-state index is 12.5. The second-order valence-electron chi connectivity index (χ2n) is 24.9. The Hall–Kier alpha value is -2.18. The van der Waals surface area contributed by atoms with Crippen molar-refractivity contribution in [3.05, 3.63) is 48.6 Å². The van der Waals surface area contributed by atoms with Gasteiger partial charge in [0.15, 0.2) is 0 Å². The van der Waals surface area contributed by atoms with Crippen LogP contribution in [0.1, 0.15) is 393 Å². The number of aliphatic hydroxyl groups is 2. The zero-order valence-corrected chi connectivity index (χ0v) is 54.5. The van der Waals surface area contributed by atoms with Gasteiger partial charge in [-0.2, -0.15) is 0 Å². The summed E-state index contributed by atoms with van der Waals surface area (Å²) in [5.74, 6) is -0.0663. The average Bonchev–Trinajstić information content (AvgIpc) is 3.47. The molecule has 0 saturated heterocycles. The zero-order valence-electron chi connectivity index (χ0n) is 54.5. The molecule has 0 aromatic rings. The standard InChI is InChI=1S/C75H141NO5/c1-3-5-7-9-11-13-15-17-18-19-20-21-22-28-31-34-37-40-44-47-51-55-59-63-67-73(78)72(71-77)76-74(79)68-64-60-56-52-48-45-41-38-35-32-29-26-24-23-25-27-30-33-36-39-42-46-50-54-58-62-66-70-81-75(80)69-65-61-57-53-49-43-16-14-12-10-8-6-4-2/h14,16,23-24,27,30,63,67,72-73,77-78H,3-13,15,17-22,25-26,28-29,31-62,64-66,68-71H2,1-2H3,(H,76,79)/b16-14-,24-23-,30-27-,67-63+. The fourth-order valence-corrected chi connectivity index (χ4v) is 11.3. The van der Waals surface area contributed by atoms with Crippen molar-refractivity contribution in [1.82, 2.24) is 5.32 Å². The summed E-state index contributed by atoms with van der Waals surface area (Å²) in [6.45, 7) is 4.91. The molecule has 81 heavy (non-hydrogen) atoms. The third kappa shape index (κ3) is 66.8. The van der Waals surface area contributed by atoms with Gasteiger partial charge in [0.1, 0.15) is 0 Å². The molecule has 0 bridgehead atoms. The number of nitrogens with one attached hydrogen (secondary N) is 1. The Morgan fingerprint density at radius 2 is 0.617 bits per heavy atom. The van der Waals surface area contributed by atoms with Crippen LogP contribution < -0.4 is 5.32 Å². The number of rotatable bonds is 68. The van der Waals surface area contributed by atoms with Gasteiger partial charge in [0.25, 0.3) is 0 Å². The summed E-state index contributed by atoms with van der Waals surface area (Å²) < 4.78 is 5.47. The van der Waals surface area contributed by atoms with Gasteiger partial charge in [0, 0.05) is 12.8 Å². The Kier molecular flexibility index (Phi) is 68.4. The number of unbranched alkanes of at least 4 members (excludes halogenated alkanes) is 51. The van der Waals surface area contributed by atoms with Crippen LogP contribution in [0.25, 0.3) is 0 Å². The number of allylic oxidation sites excluding steroid dienone is 7. The Morgan fingerprint density at radius 3 is 0.963 bits per heavy atom. The van der Waals surface area contributed by atoms with Gasteiger partial charge in [-0.1, -0.05) is 339 Å². The third-order valence-corrected chi connectivity index (χ3v) is 16.8. The van der Waals surface area contributed by atoms with E-state index in [0.29, 0.717) is 19.4 Å². The first-order valence-electron chi connectivity index (χ1n) is 36.4. The van der Waals surface area contributed by atoms with Crippen molar-refractivity contribution < 1.29 is 24.5 Å². The van der Waals surface area contributed by atoms with Crippen molar-refractivity contribution in [2.45, 2.75) is 405 Å². The van der Waals surface area contributed by atoms with Gasteiger partial charge in [-0.25, -0.2) is 0 Å². The minimum Gasteiger partial charge on any atom is -0.466 e. The number of carbonyl (C=O) groups is 2. The number of carbonyl (C=O) groups excluding carboxylic acids is 2. The first kappa shape index (κ1) is 78.8. The molecule has 0 aromatic heterocycles. The minimum atomic E-state index is -0.849. The fraction of sp³-hybridized carbons (Fsp3) is 0.867. The van der Waals surface area contributed by atoms with E-state index in [4.69, 9.17) is 4.74 Å². The van der Waals surface area contributed by atoms with E-state index in [0.717, 1.165) is 51.4 Å². The second kappa shape index (κ2) is 70.3. The van der Waals surface area contributed by atoms with Crippen LogP contribution in [-0.4, -0.2) is 47.4 Å². The molecule has 0 aliphatic rings. The topological polar surface area (TPSA) is 95.9 Å². The number of amides is 1. The molecule has 6 nitrogen and oxygen atoms in total. The molecule has 3 N–H and O–H groups in total. The van der Waals surface area contributed by atoms with E-state index < -0.39 is 12.1 Å². The van der Waals surface area contributed by atoms with E-state index in [-0.39, 0.29) is 18.5 Å². The van der Waals surface area contributed by atoms with E-state index in [1.807, 2.05) is 6.08 Å². The molecule has 0 rings (SSSR count). The minimum absolute atomic E-state index is 0.00120. The van der Waals surface area contributed by atoms with E-state index >= 15 is 0 Å². The van der Waals surface area contributed by atoms with Gasteiger partial charge in [-0.05, 0) is 89.9 Å². The molecule has 0 aromatic carbocycles. The van der Waals surface area contributed by atoms with Gasteiger partial charge in [-0.15, -0.1) is 0 Å². The highest BCUT2D eigenvalue weighted by Gasteiger charge is 2.18. The predicted molar refractivity (Wildman–Crippen MR) is 356 cm³/mol. The van der Waals surface area contributed by atoms with Crippen molar-refractivity contribution in [2.75, 3.05) is 13.2 Å². The molecule has 0 saturated carbocycles. The number of aliphatic hydroxyl groups excluding tert-OH is 2. The molecule has 2 unspecified atom stereocenters. The summed E-state index contributed by atoms with van der Waals surface area (Å²) in [5.41, 5.74) is 0. The molecule has 0 fully saturated rings. The summed E-state index contributed by atoms with van der Waals surface area (Å²) in [6, 6.07) is -0.633. The lowest BCUT2D eigenvalue weighted by atomic mass is 10.0. The zero-order chi connectivity index (χ0) is 58.5. The highest BCUT2D eigenvalue weighted by Crippen LogP contribution is 2.18. The first-order valence-corrected chi connectivity index (χ1v) is 36.4. The van der Waals surface area contributed by atoms with Crippen LogP contribution in [0.4, 0.5) is 0 Å². The molecule has 2 atom stereocenters. The predicted octanol–water partition coefficient (Wildman–Crippen LogP) is 23.6. The molecular formula is C75H141NO5. The Balaban J connectivity index is 3.45. The number of ether oxygens (including phenoxy) is 1. The monoisotopic (exact) mass is 1140 g/mol. The van der Waals surface area contributed by atoms with Gasteiger partial charge in [-0.3, -0.25) is 9.59 Å². The number of esters is 1. The van der Waals surface area contributed by atoms with Crippen molar-refractivity contribution in [3.63, 3.8) is 0 Å². The van der Waals surface area contributed by atoms with Crippen molar-refractivity contribution >= 4 is 11.9 Å². The van der Waals surface area contributed by atoms with Crippen LogP contribution >= 0.6 is 0 Å². The van der Waals surface area contributed by atoms with Crippen LogP contribution in [0.15, 0.2) is 48.6 Å². The highest BCUT2D eigenvalue weighted by molar-refractivity contribution is 5.76. The van der Waals surface area contributed by atoms with Crippen LogP contribution in [0.2, 0.25) is 0 Å². The van der Waals surface area contributed by atoms with Crippen molar-refractivity contribution in [1.29, 1.82) is 0 Å². The summed E-state index contributed by atoms with van der Waals surface area (Å²) in [5, 5.41) is 23.3. The number of hydrogen-bond acceptors (Lipinski definition) is 5.